The van der Waals surface area contributed by atoms with E-state index in [-0.39, 0.29) is 17.9 Å². The third-order valence-electron chi connectivity index (χ3n) is 3.96. The van der Waals surface area contributed by atoms with E-state index in [2.05, 4.69) is 5.32 Å². The Labute approximate surface area is 114 Å². The Morgan fingerprint density at radius 2 is 1.95 bits per heavy atom. The van der Waals surface area contributed by atoms with Crippen LogP contribution in [0.15, 0.2) is 0 Å². The summed E-state index contributed by atoms with van der Waals surface area (Å²) in [5, 5.41) is 11.8. The van der Waals surface area contributed by atoms with Crippen molar-refractivity contribution in [3.63, 3.8) is 0 Å². The first-order chi connectivity index (χ1) is 9.02. The van der Waals surface area contributed by atoms with Crippen LogP contribution < -0.4 is 5.32 Å². The van der Waals surface area contributed by atoms with Crippen LogP contribution in [0, 0.1) is 11.8 Å². The molecule has 0 bridgehead atoms. The van der Waals surface area contributed by atoms with Crippen LogP contribution in [0.1, 0.15) is 45.4 Å². The number of hydrogen-bond acceptors (Lipinski definition) is 3. The topological polar surface area (TPSA) is 75.6 Å². The normalized spacial score (nSPS) is 24.7. The predicted molar refractivity (Wildman–Crippen MR) is 71.8 cm³/mol. The lowest BCUT2D eigenvalue weighted by Crippen LogP contribution is -2.32. The van der Waals surface area contributed by atoms with Crippen molar-refractivity contribution in [1.82, 2.24) is 5.32 Å². The van der Waals surface area contributed by atoms with Crippen molar-refractivity contribution in [2.24, 2.45) is 11.8 Å². The van der Waals surface area contributed by atoms with E-state index in [1.165, 1.54) is 0 Å². The molecule has 110 valence electrons. The average molecular weight is 271 g/mol. The SMILES string of the molecule is COC(C)CCC(=O)NCC1CCC(C(=O)O)CC1. The molecular formula is C14H25NO4. The summed E-state index contributed by atoms with van der Waals surface area (Å²) in [5.74, 6) is -0.380. The lowest BCUT2D eigenvalue weighted by Gasteiger charge is -2.26. The van der Waals surface area contributed by atoms with Gasteiger partial charge in [-0.15, -0.1) is 0 Å². The smallest absolute Gasteiger partial charge is 0.306 e. The molecule has 0 aromatic heterocycles. The van der Waals surface area contributed by atoms with Gasteiger partial charge < -0.3 is 15.2 Å². The molecule has 0 spiro atoms. The first kappa shape index (κ1) is 16.0. The zero-order chi connectivity index (χ0) is 14.3. The van der Waals surface area contributed by atoms with Gasteiger partial charge in [0.05, 0.1) is 12.0 Å². The van der Waals surface area contributed by atoms with Crippen LogP contribution in [0.3, 0.4) is 0 Å². The summed E-state index contributed by atoms with van der Waals surface area (Å²) in [6.45, 7) is 2.62. The molecule has 1 fully saturated rings. The van der Waals surface area contributed by atoms with Gasteiger partial charge >= 0.3 is 5.97 Å². The summed E-state index contributed by atoms with van der Waals surface area (Å²) in [4.78, 5) is 22.4. The Morgan fingerprint density at radius 1 is 1.32 bits per heavy atom. The van der Waals surface area contributed by atoms with E-state index in [0.717, 1.165) is 32.1 Å². The lowest BCUT2D eigenvalue weighted by molar-refractivity contribution is -0.143. The highest BCUT2D eigenvalue weighted by Gasteiger charge is 2.25. The summed E-state index contributed by atoms with van der Waals surface area (Å²) in [7, 11) is 1.64. The number of carboxylic acids is 1. The van der Waals surface area contributed by atoms with E-state index < -0.39 is 5.97 Å². The van der Waals surface area contributed by atoms with Crippen molar-refractivity contribution in [2.45, 2.75) is 51.6 Å². The number of hydrogen-bond donors (Lipinski definition) is 2. The third kappa shape index (κ3) is 6.05. The van der Waals surface area contributed by atoms with E-state index in [4.69, 9.17) is 9.84 Å². The van der Waals surface area contributed by atoms with Crippen molar-refractivity contribution in [1.29, 1.82) is 0 Å². The van der Waals surface area contributed by atoms with Crippen molar-refractivity contribution in [3.8, 4) is 0 Å². The molecule has 0 aromatic rings. The highest BCUT2D eigenvalue weighted by atomic mass is 16.5. The molecule has 2 N–H and O–H groups in total. The highest BCUT2D eigenvalue weighted by Crippen LogP contribution is 2.28. The molecule has 1 amide bonds. The number of carbonyl (C=O) groups excluding carboxylic acids is 1. The molecule has 1 unspecified atom stereocenters. The molecule has 1 atom stereocenters. The number of ether oxygens (including phenoxy) is 1. The maximum absolute atomic E-state index is 11.6. The van der Waals surface area contributed by atoms with Gasteiger partial charge in [0.1, 0.15) is 0 Å². The molecule has 0 radical (unpaired) electrons. The van der Waals surface area contributed by atoms with E-state index in [0.29, 0.717) is 18.9 Å². The zero-order valence-electron chi connectivity index (χ0n) is 11.9. The molecule has 0 aliphatic heterocycles. The summed E-state index contributed by atoms with van der Waals surface area (Å²) in [6.07, 6.45) is 4.58. The Hall–Kier alpha value is -1.10. The maximum Gasteiger partial charge on any atom is 0.306 e. The van der Waals surface area contributed by atoms with Crippen molar-refractivity contribution >= 4 is 11.9 Å². The first-order valence-corrected chi connectivity index (χ1v) is 7.05. The van der Waals surface area contributed by atoms with E-state index in [1.54, 1.807) is 7.11 Å². The van der Waals surface area contributed by atoms with Crippen LogP contribution in [0.4, 0.5) is 0 Å². The second kappa shape index (κ2) is 8.15. The van der Waals surface area contributed by atoms with Crippen LogP contribution in [0.2, 0.25) is 0 Å². The van der Waals surface area contributed by atoms with Crippen LogP contribution in [0.25, 0.3) is 0 Å². The standard InChI is InChI=1S/C14H25NO4/c1-10(19-2)3-8-13(16)15-9-11-4-6-12(7-5-11)14(17)18/h10-12H,3-9H2,1-2H3,(H,15,16)(H,17,18). The van der Waals surface area contributed by atoms with Crippen LogP contribution >= 0.6 is 0 Å². The molecule has 1 aliphatic rings. The number of rotatable bonds is 7. The minimum absolute atomic E-state index is 0.0595. The second-order valence-corrected chi connectivity index (χ2v) is 5.44. The molecule has 1 saturated carbocycles. The number of nitrogens with one attached hydrogen (secondary N) is 1. The van der Waals surface area contributed by atoms with Crippen LogP contribution in [-0.2, 0) is 14.3 Å². The number of carboxylic acid groups (broad SMARTS) is 1. The summed E-state index contributed by atoms with van der Waals surface area (Å²) < 4.78 is 5.09. The quantitative estimate of drug-likeness (QED) is 0.740. The molecule has 19 heavy (non-hydrogen) atoms. The number of methoxy groups -OCH3 is 1. The fourth-order valence-corrected chi connectivity index (χ4v) is 2.41. The maximum atomic E-state index is 11.6. The molecular weight excluding hydrogens is 246 g/mol. The molecule has 1 rings (SSSR count). The Bertz CT molecular complexity index is 298. The van der Waals surface area contributed by atoms with Crippen molar-refractivity contribution in [3.05, 3.63) is 0 Å². The van der Waals surface area contributed by atoms with Crippen molar-refractivity contribution < 1.29 is 19.4 Å². The number of amides is 1. The second-order valence-electron chi connectivity index (χ2n) is 5.44. The highest BCUT2D eigenvalue weighted by molar-refractivity contribution is 5.75. The monoisotopic (exact) mass is 271 g/mol. The summed E-state index contributed by atoms with van der Waals surface area (Å²) in [6, 6.07) is 0. The summed E-state index contributed by atoms with van der Waals surface area (Å²) >= 11 is 0. The molecule has 0 aromatic carbocycles. The Kier molecular flexibility index (Phi) is 6.84. The molecule has 1 aliphatic carbocycles. The lowest BCUT2D eigenvalue weighted by atomic mass is 9.82. The predicted octanol–water partition coefficient (Wildman–Crippen LogP) is 1.81. The van der Waals surface area contributed by atoms with Crippen molar-refractivity contribution in [2.75, 3.05) is 13.7 Å². The third-order valence-corrected chi connectivity index (χ3v) is 3.96. The molecule has 5 heteroatoms. The first-order valence-electron chi connectivity index (χ1n) is 7.05. The van der Waals surface area contributed by atoms with Gasteiger partial charge in [-0.1, -0.05) is 0 Å². The van der Waals surface area contributed by atoms with Gasteiger partial charge in [0.25, 0.3) is 0 Å². The summed E-state index contributed by atoms with van der Waals surface area (Å²) in [5.41, 5.74) is 0. The van der Waals surface area contributed by atoms with Gasteiger partial charge in [-0.25, -0.2) is 0 Å². The Morgan fingerprint density at radius 3 is 2.47 bits per heavy atom. The average Bonchev–Trinajstić information content (AvgIpc) is 2.42. The van der Waals surface area contributed by atoms with E-state index >= 15 is 0 Å². The molecule has 0 saturated heterocycles. The van der Waals surface area contributed by atoms with E-state index in [1.807, 2.05) is 6.92 Å². The minimum atomic E-state index is -0.684. The van der Waals surface area contributed by atoms with Crippen LogP contribution in [-0.4, -0.2) is 36.7 Å². The number of carbonyl (C=O) groups is 2. The zero-order valence-corrected chi connectivity index (χ0v) is 11.9. The van der Waals surface area contributed by atoms with Gasteiger partial charge in [0.2, 0.25) is 5.91 Å². The van der Waals surface area contributed by atoms with Crippen LogP contribution in [0.5, 0.6) is 0 Å². The molecule has 5 nitrogen and oxygen atoms in total. The molecule has 0 heterocycles. The van der Waals surface area contributed by atoms with E-state index in [9.17, 15) is 9.59 Å². The fourth-order valence-electron chi connectivity index (χ4n) is 2.41. The number of aliphatic carboxylic acids is 1. The minimum Gasteiger partial charge on any atom is -0.481 e. The fraction of sp³-hybridized carbons (Fsp3) is 0.857. The van der Waals surface area contributed by atoms with Gasteiger partial charge in [-0.05, 0) is 44.9 Å². The van der Waals surface area contributed by atoms with Gasteiger partial charge in [0.15, 0.2) is 0 Å². The Balaban J connectivity index is 2.13. The largest absolute Gasteiger partial charge is 0.481 e. The van der Waals surface area contributed by atoms with Gasteiger partial charge in [-0.2, -0.15) is 0 Å². The van der Waals surface area contributed by atoms with Gasteiger partial charge in [0, 0.05) is 20.1 Å². The van der Waals surface area contributed by atoms with Gasteiger partial charge in [-0.3, -0.25) is 9.59 Å².